The number of halogens is 1. The summed E-state index contributed by atoms with van der Waals surface area (Å²) in [6.45, 7) is 3.34. The molecule has 0 aliphatic carbocycles. The monoisotopic (exact) mass is 302 g/mol. The summed E-state index contributed by atoms with van der Waals surface area (Å²) < 4.78 is 23.6. The standard InChI is InChI=1S/C11H11BrO3S/c1-2-7-16(14,15)8-11(13)9-3-5-10(12)6-4-9/h2-6H,1,7-8H2. The zero-order chi connectivity index (χ0) is 12.2. The third-order valence-electron chi connectivity index (χ3n) is 1.89. The second kappa shape index (κ2) is 5.41. The smallest absolute Gasteiger partial charge is 0.177 e. The molecule has 5 heteroatoms. The van der Waals surface area contributed by atoms with Gasteiger partial charge in [-0.25, -0.2) is 8.42 Å². The molecule has 86 valence electrons. The molecule has 0 unspecified atom stereocenters. The molecular weight excluding hydrogens is 292 g/mol. The molecule has 1 aromatic carbocycles. The molecule has 16 heavy (non-hydrogen) atoms. The van der Waals surface area contributed by atoms with Crippen molar-refractivity contribution in [3.05, 3.63) is 47.0 Å². The molecule has 0 atom stereocenters. The van der Waals surface area contributed by atoms with Gasteiger partial charge < -0.3 is 0 Å². The highest BCUT2D eigenvalue weighted by Gasteiger charge is 2.16. The van der Waals surface area contributed by atoms with Crippen molar-refractivity contribution in [2.75, 3.05) is 11.5 Å². The molecular formula is C11H11BrO3S. The fourth-order valence-corrected chi connectivity index (χ4v) is 2.46. The third-order valence-corrected chi connectivity index (χ3v) is 3.86. The molecule has 1 rings (SSSR count). The number of hydrogen-bond acceptors (Lipinski definition) is 3. The van der Waals surface area contributed by atoms with Gasteiger partial charge in [0.25, 0.3) is 0 Å². The van der Waals surface area contributed by atoms with E-state index in [-0.39, 0.29) is 5.75 Å². The summed E-state index contributed by atoms with van der Waals surface area (Å²) in [6.07, 6.45) is 1.28. The van der Waals surface area contributed by atoms with Gasteiger partial charge in [0.05, 0.1) is 5.75 Å². The lowest BCUT2D eigenvalue weighted by molar-refractivity contribution is 0.102. The molecule has 0 aliphatic rings. The van der Waals surface area contributed by atoms with Crippen molar-refractivity contribution in [1.29, 1.82) is 0 Å². The van der Waals surface area contributed by atoms with E-state index in [9.17, 15) is 13.2 Å². The van der Waals surface area contributed by atoms with E-state index >= 15 is 0 Å². The predicted molar refractivity (Wildman–Crippen MR) is 67.3 cm³/mol. The van der Waals surface area contributed by atoms with Crippen LogP contribution >= 0.6 is 15.9 Å². The highest BCUT2D eigenvalue weighted by Crippen LogP contribution is 2.11. The molecule has 0 aromatic heterocycles. The van der Waals surface area contributed by atoms with Crippen LogP contribution in [0.1, 0.15) is 10.4 Å². The first kappa shape index (κ1) is 13.1. The van der Waals surface area contributed by atoms with Crippen LogP contribution in [0.5, 0.6) is 0 Å². The van der Waals surface area contributed by atoms with E-state index in [1.54, 1.807) is 24.3 Å². The van der Waals surface area contributed by atoms with Crippen molar-refractivity contribution >= 4 is 31.6 Å². The minimum Gasteiger partial charge on any atom is -0.293 e. The quantitative estimate of drug-likeness (QED) is 0.619. The Morgan fingerprint density at radius 2 is 1.88 bits per heavy atom. The molecule has 0 heterocycles. The van der Waals surface area contributed by atoms with E-state index < -0.39 is 21.4 Å². The van der Waals surface area contributed by atoms with Gasteiger partial charge in [0.1, 0.15) is 5.75 Å². The molecule has 0 amide bonds. The topological polar surface area (TPSA) is 51.2 Å². The molecule has 3 nitrogen and oxygen atoms in total. The molecule has 0 fully saturated rings. The van der Waals surface area contributed by atoms with Crippen LogP contribution in [0.4, 0.5) is 0 Å². The van der Waals surface area contributed by atoms with Crippen molar-refractivity contribution in [3.63, 3.8) is 0 Å². The molecule has 0 bridgehead atoms. The van der Waals surface area contributed by atoms with Gasteiger partial charge in [-0.2, -0.15) is 0 Å². The van der Waals surface area contributed by atoms with E-state index in [0.717, 1.165) is 4.47 Å². The van der Waals surface area contributed by atoms with Crippen molar-refractivity contribution in [1.82, 2.24) is 0 Å². The van der Waals surface area contributed by atoms with Crippen molar-refractivity contribution < 1.29 is 13.2 Å². The van der Waals surface area contributed by atoms with Crippen molar-refractivity contribution in [2.24, 2.45) is 0 Å². The molecule has 0 saturated carbocycles. The Morgan fingerprint density at radius 1 is 1.31 bits per heavy atom. The van der Waals surface area contributed by atoms with Gasteiger partial charge in [0.15, 0.2) is 15.6 Å². The molecule has 0 radical (unpaired) electrons. The minimum atomic E-state index is -3.37. The highest BCUT2D eigenvalue weighted by atomic mass is 79.9. The molecule has 0 saturated heterocycles. The number of ketones is 1. The van der Waals surface area contributed by atoms with Gasteiger partial charge in [0.2, 0.25) is 0 Å². The highest BCUT2D eigenvalue weighted by molar-refractivity contribution is 9.10. The Morgan fingerprint density at radius 3 is 2.38 bits per heavy atom. The lowest BCUT2D eigenvalue weighted by Crippen LogP contribution is -2.18. The summed E-state index contributed by atoms with van der Waals surface area (Å²) in [6, 6.07) is 6.59. The number of benzene rings is 1. The number of carbonyl (C=O) groups is 1. The number of carbonyl (C=O) groups excluding carboxylic acids is 1. The summed E-state index contributed by atoms with van der Waals surface area (Å²) in [7, 11) is -3.37. The second-order valence-electron chi connectivity index (χ2n) is 3.27. The average molecular weight is 303 g/mol. The summed E-state index contributed by atoms with van der Waals surface area (Å²) >= 11 is 3.24. The summed E-state index contributed by atoms with van der Waals surface area (Å²) in [5, 5.41) is 0. The maximum atomic E-state index is 11.6. The van der Waals surface area contributed by atoms with Gasteiger partial charge >= 0.3 is 0 Å². The number of rotatable bonds is 5. The number of sulfone groups is 1. The first-order valence-electron chi connectivity index (χ1n) is 4.55. The molecule has 1 aromatic rings. The predicted octanol–water partition coefficient (Wildman–Crippen LogP) is 2.23. The first-order valence-corrected chi connectivity index (χ1v) is 7.16. The summed E-state index contributed by atoms with van der Waals surface area (Å²) in [5.74, 6) is -1.04. The van der Waals surface area contributed by atoms with Crippen LogP contribution in [0.25, 0.3) is 0 Å². The SMILES string of the molecule is C=CCS(=O)(=O)CC(=O)c1ccc(Br)cc1. The van der Waals surface area contributed by atoms with Crippen LogP contribution in [0.3, 0.4) is 0 Å². The third kappa shape index (κ3) is 3.90. The van der Waals surface area contributed by atoms with Crippen molar-refractivity contribution in [2.45, 2.75) is 0 Å². The van der Waals surface area contributed by atoms with Gasteiger partial charge in [-0.05, 0) is 12.1 Å². The maximum Gasteiger partial charge on any atom is 0.177 e. The minimum absolute atomic E-state index is 0.171. The summed E-state index contributed by atoms with van der Waals surface area (Å²) in [4.78, 5) is 11.6. The normalized spacial score (nSPS) is 11.1. The maximum absolute atomic E-state index is 11.6. The number of Topliss-reactive ketones (excluding diaryl/α,β-unsaturated/α-hetero) is 1. The Hall–Kier alpha value is -0.940. The van der Waals surface area contributed by atoms with Crippen LogP contribution < -0.4 is 0 Å². The Kier molecular flexibility index (Phi) is 4.44. The largest absolute Gasteiger partial charge is 0.293 e. The fourth-order valence-electron chi connectivity index (χ4n) is 1.16. The zero-order valence-electron chi connectivity index (χ0n) is 8.52. The lowest BCUT2D eigenvalue weighted by atomic mass is 10.2. The Bertz CT molecular complexity index is 488. The summed E-state index contributed by atoms with van der Waals surface area (Å²) in [5.41, 5.74) is 0.399. The zero-order valence-corrected chi connectivity index (χ0v) is 10.9. The Labute approximate surface area is 103 Å². The van der Waals surface area contributed by atoms with Crippen LogP contribution in [-0.4, -0.2) is 25.7 Å². The van der Waals surface area contributed by atoms with Gasteiger partial charge in [-0.3, -0.25) is 4.79 Å². The molecule has 0 aliphatic heterocycles. The van der Waals surface area contributed by atoms with Crippen LogP contribution in [0.15, 0.2) is 41.4 Å². The number of hydrogen-bond donors (Lipinski definition) is 0. The molecule has 0 N–H and O–H groups in total. The first-order chi connectivity index (χ1) is 7.44. The van der Waals surface area contributed by atoms with E-state index in [1.165, 1.54) is 6.08 Å². The lowest BCUT2D eigenvalue weighted by Gasteiger charge is -2.01. The van der Waals surface area contributed by atoms with E-state index in [2.05, 4.69) is 22.5 Å². The van der Waals surface area contributed by atoms with Gasteiger partial charge in [-0.1, -0.05) is 34.1 Å². The fraction of sp³-hybridized carbons (Fsp3) is 0.182. The second-order valence-corrected chi connectivity index (χ2v) is 6.30. The van der Waals surface area contributed by atoms with Crippen LogP contribution in [0.2, 0.25) is 0 Å². The van der Waals surface area contributed by atoms with Crippen LogP contribution in [0, 0.1) is 0 Å². The van der Waals surface area contributed by atoms with Gasteiger partial charge in [0, 0.05) is 10.0 Å². The Balaban J connectivity index is 2.80. The van der Waals surface area contributed by atoms with Crippen molar-refractivity contribution in [3.8, 4) is 0 Å². The van der Waals surface area contributed by atoms with Gasteiger partial charge in [-0.15, -0.1) is 6.58 Å². The molecule has 0 spiro atoms. The average Bonchev–Trinajstić information content (AvgIpc) is 2.17. The van der Waals surface area contributed by atoms with E-state index in [0.29, 0.717) is 5.56 Å². The van der Waals surface area contributed by atoms with E-state index in [4.69, 9.17) is 0 Å². The van der Waals surface area contributed by atoms with E-state index in [1.807, 2.05) is 0 Å². The van der Waals surface area contributed by atoms with Crippen LogP contribution in [-0.2, 0) is 9.84 Å².